The molecule has 0 aliphatic heterocycles. The third-order valence-corrected chi connectivity index (χ3v) is 5.57. The summed E-state index contributed by atoms with van der Waals surface area (Å²) < 4.78 is 29.2. The summed E-state index contributed by atoms with van der Waals surface area (Å²) in [6, 6.07) is 6.19. The van der Waals surface area contributed by atoms with E-state index in [0.29, 0.717) is 18.3 Å². The van der Waals surface area contributed by atoms with E-state index < -0.39 is 10.2 Å². The molecule has 0 atom stereocenters. The largest absolute Gasteiger partial charge is 0.314 e. The van der Waals surface area contributed by atoms with Gasteiger partial charge in [0.25, 0.3) is 0 Å². The molecule has 118 valence electrons. The summed E-state index contributed by atoms with van der Waals surface area (Å²) in [5.74, 6) is 0. The van der Waals surface area contributed by atoms with Crippen molar-refractivity contribution in [2.45, 2.75) is 32.2 Å². The number of benzene rings is 1. The lowest BCUT2D eigenvalue weighted by Crippen LogP contribution is -2.34. The van der Waals surface area contributed by atoms with Crippen molar-refractivity contribution in [3.63, 3.8) is 0 Å². The van der Waals surface area contributed by atoms with E-state index in [-0.39, 0.29) is 0 Å². The molecular formula is C14H22BrN3O2S. The van der Waals surface area contributed by atoms with E-state index >= 15 is 0 Å². The predicted molar refractivity (Wildman–Crippen MR) is 89.7 cm³/mol. The number of hydrogen-bond acceptors (Lipinski definition) is 3. The molecule has 1 aliphatic rings. The quantitative estimate of drug-likeness (QED) is 0.686. The third kappa shape index (κ3) is 5.25. The van der Waals surface area contributed by atoms with Crippen LogP contribution in [0, 0.1) is 6.92 Å². The predicted octanol–water partition coefficient (Wildman–Crippen LogP) is 2.49. The lowest BCUT2D eigenvalue weighted by atomic mass is 10.2. The zero-order valence-corrected chi connectivity index (χ0v) is 14.8. The van der Waals surface area contributed by atoms with Gasteiger partial charge in [0.15, 0.2) is 0 Å². The average Bonchev–Trinajstić information content (AvgIpc) is 3.22. The number of rotatable bonds is 8. The van der Waals surface area contributed by atoms with Crippen LogP contribution in [-0.2, 0) is 10.2 Å². The Kier molecular flexibility index (Phi) is 5.65. The molecule has 0 amide bonds. The standard InChI is InChI=1S/C14H22BrN3O2S/c1-11-4-7-14(13(15)10-11)17-21(19,20)18(2)9-3-8-16-12-5-6-12/h4,7,10,12,16-17H,3,5-6,8-9H2,1-2H3. The van der Waals surface area contributed by atoms with Gasteiger partial charge in [-0.15, -0.1) is 0 Å². The van der Waals surface area contributed by atoms with Crippen molar-refractivity contribution in [2.75, 3.05) is 24.9 Å². The van der Waals surface area contributed by atoms with Crippen LogP contribution in [0.3, 0.4) is 0 Å². The topological polar surface area (TPSA) is 61.4 Å². The molecule has 0 spiro atoms. The fraction of sp³-hybridized carbons (Fsp3) is 0.571. The summed E-state index contributed by atoms with van der Waals surface area (Å²) in [5.41, 5.74) is 1.63. The first-order valence-corrected chi connectivity index (χ1v) is 9.35. The smallest absolute Gasteiger partial charge is 0.301 e. The van der Waals surface area contributed by atoms with Crippen molar-refractivity contribution in [1.82, 2.24) is 9.62 Å². The molecule has 1 aromatic carbocycles. The lowest BCUT2D eigenvalue weighted by molar-refractivity contribution is 0.458. The molecule has 1 fully saturated rings. The van der Waals surface area contributed by atoms with E-state index in [1.54, 1.807) is 13.1 Å². The van der Waals surface area contributed by atoms with Crippen LogP contribution in [0.1, 0.15) is 24.8 Å². The zero-order valence-electron chi connectivity index (χ0n) is 12.4. The van der Waals surface area contributed by atoms with Gasteiger partial charge < -0.3 is 5.32 Å². The minimum absolute atomic E-state index is 0.499. The van der Waals surface area contributed by atoms with Crippen molar-refractivity contribution >= 4 is 31.8 Å². The Hall–Kier alpha value is -0.630. The number of aryl methyl sites for hydroxylation is 1. The SMILES string of the molecule is Cc1ccc(NS(=O)(=O)N(C)CCCNC2CC2)c(Br)c1. The van der Waals surface area contributed by atoms with Gasteiger partial charge in [-0.05, 0) is 66.4 Å². The zero-order chi connectivity index (χ0) is 15.5. The molecule has 0 unspecified atom stereocenters. The maximum Gasteiger partial charge on any atom is 0.301 e. The van der Waals surface area contributed by atoms with Gasteiger partial charge in [0.05, 0.1) is 5.69 Å². The normalized spacial score (nSPS) is 15.4. The summed E-state index contributed by atoms with van der Waals surface area (Å²) in [6.07, 6.45) is 3.30. The highest BCUT2D eigenvalue weighted by atomic mass is 79.9. The highest BCUT2D eigenvalue weighted by Gasteiger charge is 2.21. The van der Waals surface area contributed by atoms with Crippen LogP contribution in [0.25, 0.3) is 0 Å². The summed E-state index contributed by atoms with van der Waals surface area (Å²) in [5, 5.41) is 3.38. The maximum atomic E-state index is 12.3. The molecule has 7 heteroatoms. The van der Waals surface area contributed by atoms with Gasteiger partial charge in [-0.3, -0.25) is 4.72 Å². The van der Waals surface area contributed by atoms with Gasteiger partial charge in [-0.2, -0.15) is 12.7 Å². The highest BCUT2D eigenvalue weighted by molar-refractivity contribution is 9.10. The Labute approximate surface area is 135 Å². The van der Waals surface area contributed by atoms with Gasteiger partial charge in [-0.1, -0.05) is 6.07 Å². The number of anilines is 1. The lowest BCUT2D eigenvalue weighted by Gasteiger charge is -2.19. The molecule has 0 aromatic heterocycles. The highest BCUT2D eigenvalue weighted by Crippen LogP contribution is 2.24. The Morgan fingerprint density at radius 3 is 2.71 bits per heavy atom. The number of nitrogens with zero attached hydrogens (tertiary/aromatic N) is 1. The van der Waals surface area contributed by atoms with Crippen molar-refractivity contribution in [3.8, 4) is 0 Å². The van der Waals surface area contributed by atoms with Crippen LogP contribution in [0.2, 0.25) is 0 Å². The Morgan fingerprint density at radius 1 is 1.38 bits per heavy atom. The molecule has 1 saturated carbocycles. The Bertz CT molecular complexity index is 588. The fourth-order valence-electron chi connectivity index (χ4n) is 1.94. The summed E-state index contributed by atoms with van der Waals surface area (Å²) in [4.78, 5) is 0. The molecule has 1 aliphatic carbocycles. The second-order valence-electron chi connectivity index (χ2n) is 5.49. The number of nitrogens with one attached hydrogen (secondary N) is 2. The van der Waals surface area contributed by atoms with Crippen molar-refractivity contribution < 1.29 is 8.42 Å². The van der Waals surface area contributed by atoms with Gasteiger partial charge in [0, 0.05) is 24.1 Å². The Morgan fingerprint density at radius 2 is 2.10 bits per heavy atom. The summed E-state index contributed by atoms with van der Waals surface area (Å²) >= 11 is 3.38. The molecule has 0 bridgehead atoms. The van der Waals surface area contributed by atoms with Gasteiger partial charge in [-0.25, -0.2) is 0 Å². The second-order valence-corrected chi connectivity index (χ2v) is 8.13. The second kappa shape index (κ2) is 7.09. The van der Waals surface area contributed by atoms with E-state index in [1.165, 1.54) is 17.1 Å². The average molecular weight is 376 g/mol. The van der Waals surface area contributed by atoms with Gasteiger partial charge >= 0.3 is 10.2 Å². The van der Waals surface area contributed by atoms with E-state index in [2.05, 4.69) is 26.0 Å². The fourth-order valence-corrected chi connectivity index (χ4v) is 3.64. The van der Waals surface area contributed by atoms with Crippen molar-refractivity contribution in [3.05, 3.63) is 28.2 Å². The van der Waals surface area contributed by atoms with Gasteiger partial charge in [0.1, 0.15) is 0 Å². The van der Waals surface area contributed by atoms with E-state index in [0.717, 1.165) is 23.0 Å². The van der Waals surface area contributed by atoms with Crippen LogP contribution >= 0.6 is 15.9 Å². The molecule has 2 N–H and O–H groups in total. The van der Waals surface area contributed by atoms with Crippen molar-refractivity contribution in [2.24, 2.45) is 0 Å². The molecule has 1 aromatic rings. The first kappa shape index (κ1) is 16.7. The third-order valence-electron chi connectivity index (χ3n) is 3.43. The first-order chi connectivity index (χ1) is 9.88. The Balaban J connectivity index is 1.86. The van der Waals surface area contributed by atoms with Crippen molar-refractivity contribution in [1.29, 1.82) is 0 Å². The molecule has 0 heterocycles. The molecule has 21 heavy (non-hydrogen) atoms. The van der Waals surface area contributed by atoms with Crippen LogP contribution in [-0.4, -0.2) is 38.9 Å². The summed E-state index contributed by atoms with van der Waals surface area (Å²) in [6.45, 7) is 3.32. The van der Waals surface area contributed by atoms with Crippen LogP contribution in [0.15, 0.2) is 22.7 Å². The molecule has 2 rings (SSSR count). The maximum absolute atomic E-state index is 12.3. The van der Waals surface area contributed by atoms with Crippen LogP contribution < -0.4 is 10.0 Å². The minimum Gasteiger partial charge on any atom is -0.314 e. The first-order valence-electron chi connectivity index (χ1n) is 7.12. The molecular weight excluding hydrogens is 354 g/mol. The van der Waals surface area contributed by atoms with Crippen LogP contribution in [0.4, 0.5) is 5.69 Å². The van der Waals surface area contributed by atoms with Crippen LogP contribution in [0.5, 0.6) is 0 Å². The van der Waals surface area contributed by atoms with E-state index in [9.17, 15) is 8.42 Å². The number of hydrogen-bond donors (Lipinski definition) is 2. The molecule has 5 nitrogen and oxygen atoms in total. The molecule has 0 saturated heterocycles. The minimum atomic E-state index is -3.51. The van der Waals surface area contributed by atoms with E-state index in [4.69, 9.17) is 0 Å². The number of halogens is 1. The van der Waals surface area contributed by atoms with Gasteiger partial charge in [0.2, 0.25) is 0 Å². The monoisotopic (exact) mass is 375 g/mol. The molecule has 0 radical (unpaired) electrons. The summed E-state index contributed by atoms with van der Waals surface area (Å²) in [7, 11) is -1.91. The van der Waals surface area contributed by atoms with E-state index in [1.807, 2.05) is 19.1 Å².